The van der Waals surface area contributed by atoms with Gasteiger partial charge in [-0.25, -0.2) is 13.5 Å². The summed E-state index contributed by atoms with van der Waals surface area (Å²) >= 11 is 0. The van der Waals surface area contributed by atoms with Crippen molar-refractivity contribution < 1.29 is 8.42 Å². The van der Waals surface area contributed by atoms with Gasteiger partial charge >= 0.3 is 0 Å². The number of nitrogens with zero attached hydrogens (tertiary/aromatic N) is 1. The van der Waals surface area contributed by atoms with E-state index in [1.54, 1.807) is 25.1 Å². The van der Waals surface area contributed by atoms with Crippen molar-refractivity contribution in [3.63, 3.8) is 0 Å². The van der Waals surface area contributed by atoms with Gasteiger partial charge in [0, 0.05) is 22.7 Å². The molecule has 1 heterocycles. The molecule has 0 saturated carbocycles. The molecular weight excluding hydrogens is 288 g/mol. The average molecular weight is 299 g/mol. The average Bonchev–Trinajstić information content (AvgIpc) is 2.33. The van der Waals surface area contributed by atoms with Gasteiger partial charge in [-0.1, -0.05) is 12.1 Å². The zero-order chi connectivity index (χ0) is 14.0. The molecule has 0 spiro atoms. The Labute approximate surface area is 114 Å². The Morgan fingerprint density at radius 1 is 1.26 bits per heavy atom. The van der Waals surface area contributed by atoms with Gasteiger partial charge in [-0.15, -0.1) is 0 Å². The number of benzene rings is 1. The van der Waals surface area contributed by atoms with Crippen LogP contribution in [-0.4, -0.2) is 18.6 Å². The Bertz CT molecular complexity index is 751. The highest BCUT2D eigenvalue weighted by Crippen LogP contribution is 2.16. The molecule has 100 valence electrons. The van der Waals surface area contributed by atoms with Gasteiger partial charge < -0.3 is 0 Å². The summed E-state index contributed by atoms with van der Waals surface area (Å²) in [4.78, 5) is 11.6. The van der Waals surface area contributed by atoms with Crippen LogP contribution in [0.15, 0.2) is 40.0 Å². The summed E-state index contributed by atoms with van der Waals surface area (Å²) in [6, 6.07) is 7.79. The predicted octanol–water partition coefficient (Wildman–Crippen LogP) is 1.60. The van der Waals surface area contributed by atoms with E-state index >= 15 is 0 Å². The standard InChI is InChI=1S/C12H11ClN2O3S/c1-8-6-10(12(16)15-14-8)7-9-2-4-11(5-3-9)19(13,17)18/h2-6H,7H2,1H3,(H,15,16). The first-order chi connectivity index (χ1) is 8.86. The Morgan fingerprint density at radius 2 is 1.89 bits per heavy atom. The molecule has 0 fully saturated rings. The van der Waals surface area contributed by atoms with Crippen molar-refractivity contribution in [3.8, 4) is 0 Å². The summed E-state index contributed by atoms with van der Waals surface area (Å²) in [7, 11) is 1.51. The summed E-state index contributed by atoms with van der Waals surface area (Å²) in [6.45, 7) is 1.78. The first-order valence-corrected chi connectivity index (χ1v) is 7.76. The van der Waals surface area contributed by atoms with E-state index in [0.29, 0.717) is 12.0 Å². The molecule has 0 bridgehead atoms. The van der Waals surface area contributed by atoms with Crippen molar-refractivity contribution in [2.75, 3.05) is 0 Å². The second-order valence-corrected chi connectivity index (χ2v) is 6.69. The van der Waals surface area contributed by atoms with Crippen molar-refractivity contribution in [1.29, 1.82) is 0 Å². The van der Waals surface area contributed by atoms with E-state index in [-0.39, 0.29) is 10.5 Å². The van der Waals surface area contributed by atoms with Gasteiger partial charge in [-0.05, 0) is 30.7 Å². The molecule has 5 nitrogen and oxygen atoms in total. The fraction of sp³-hybridized carbons (Fsp3) is 0.167. The summed E-state index contributed by atoms with van der Waals surface area (Å²) in [5.41, 5.74) is 1.86. The first kappa shape index (κ1) is 13.8. The third-order valence-corrected chi connectivity index (χ3v) is 3.98. The SMILES string of the molecule is Cc1cc(Cc2ccc(S(=O)(=O)Cl)cc2)c(=O)[nH]n1. The zero-order valence-electron chi connectivity index (χ0n) is 10.1. The largest absolute Gasteiger partial charge is 0.268 e. The van der Waals surface area contributed by atoms with E-state index in [4.69, 9.17) is 10.7 Å². The summed E-state index contributed by atoms with van der Waals surface area (Å²) in [6.07, 6.45) is 0.404. The molecule has 19 heavy (non-hydrogen) atoms. The maximum atomic E-state index is 11.6. The molecule has 0 aliphatic carbocycles. The molecule has 0 unspecified atom stereocenters. The predicted molar refractivity (Wildman–Crippen MR) is 71.9 cm³/mol. The van der Waals surface area contributed by atoms with Crippen LogP contribution in [0.4, 0.5) is 0 Å². The molecule has 0 atom stereocenters. The van der Waals surface area contributed by atoms with Crippen LogP contribution in [0.2, 0.25) is 0 Å². The molecule has 7 heteroatoms. The van der Waals surface area contributed by atoms with E-state index in [2.05, 4.69) is 10.2 Å². The normalized spacial score (nSPS) is 11.5. The number of rotatable bonds is 3. The lowest BCUT2D eigenvalue weighted by molar-refractivity contribution is 0.609. The van der Waals surface area contributed by atoms with Gasteiger partial charge in [0.25, 0.3) is 14.6 Å². The smallest absolute Gasteiger partial charge is 0.267 e. The maximum Gasteiger partial charge on any atom is 0.267 e. The lowest BCUT2D eigenvalue weighted by Crippen LogP contribution is -2.15. The maximum absolute atomic E-state index is 11.6. The van der Waals surface area contributed by atoms with E-state index in [9.17, 15) is 13.2 Å². The quantitative estimate of drug-likeness (QED) is 0.873. The molecule has 0 aliphatic heterocycles. The fourth-order valence-electron chi connectivity index (χ4n) is 1.68. The summed E-state index contributed by atoms with van der Waals surface area (Å²) < 4.78 is 22.2. The second kappa shape index (κ2) is 5.14. The van der Waals surface area contributed by atoms with Crippen molar-refractivity contribution in [1.82, 2.24) is 10.2 Å². The number of hydrogen-bond donors (Lipinski definition) is 1. The number of nitrogens with one attached hydrogen (secondary N) is 1. The van der Waals surface area contributed by atoms with Gasteiger partial charge in [0.1, 0.15) is 0 Å². The van der Waals surface area contributed by atoms with Crippen LogP contribution >= 0.6 is 10.7 Å². The molecule has 0 radical (unpaired) electrons. The number of aromatic amines is 1. The van der Waals surface area contributed by atoms with Crippen LogP contribution in [0.3, 0.4) is 0 Å². The second-order valence-electron chi connectivity index (χ2n) is 4.12. The van der Waals surface area contributed by atoms with Crippen LogP contribution in [0, 0.1) is 6.92 Å². The number of aryl methyl sites for hydroxylation is 1. The van der Waals surface area contributed by atoms with Crippen molar-refractivity contribution in [2.45, 2.75) is 18.2 Å². The highest BCUT2D eigenvalue weighted by atomic mass is 35.7. The molecule has 1 N–H and O–H groups in total. The van der Waals surface area contributed by atoms with Crippen LogP contribution in [0.1, 0.15) is 16.8 Å². The molecule has 0 aliphatic rings. The first-order valence-electron chi connectivity index (χ1n) is 5.45. The lowest BCUT2D eigenvalue weighted by atomic mass is 10.1. The molecule has 0 saturated heterocycles. The van der Waals surface area contributed by atoms with E-state index in [0.717, 1.165) is 11.3 Å². The van der Waals surface area contributed by atoms with E-state index < -0.39 is 9.05 Å². The van der Waals surface area contributed by atoms with Gasteiger partial charge in [-0.3, -0.25) is 4.79 Å². The summed E-state index contributed by atoms with van der Waals surface area (Å²) in [5.74, 6) is 0. The van der Waals surface area contributed by atoms with Gasteiger partial charge in [0.05, 0.1) is 10.6 Å². The van der Waals surface area contributed by atoms with Gasteiger partial charge in [0.15, 0.2) is 0 Å². The van der Waals surface area contributed by atoms with Crippen molar-refractivity contribution in [3.05, 3.63) is 57.5 Å². The molecule has 1 aromatic carbocycles. The third kappa shape index (κ3) is 3.42. The Kier molecular flexibility index (Phi) is 3.73. The van der Waals surface area contributed by atoms with Crippen LogP contribution in [-0.2, 0) is 15.5 Å². The molecule has 2 rings (SSSR count). The molecular formula is C12H11ClN2O3S. The van der Waals surface area contributed by atoms with Crippen molar-refractivity contribution in [2.24, 2.45) is 0 Å². The van der Waals surface area contributed by atoms with E-state index in [1.165, 1.54) is 12.1 Å². The molecule has 2 aromatic rings. The fourth-order valence-corrected chi connectivity index (χ4v) is 2.45. The number of halogens is 1. The number of H-pyrrole nitrogens is 1. The highest BCUT2D eigenvalue weighted by Gasteiger charge is 2.09. The minimum atomic E-state index is -3.71. The molecule has 0 amide bonds. The third-order valence-electron chi connectivity index (χ3n) is 2.61. The highest BCUT2D eigenvalue weighted by molar-refractivity contribution is 8.13. The topological polar surface area (TPSA) is 79.9 Å². The lowest BCUT2D eigenvalue weighted by Gasteiger charge is -2.03. The van der Waals surface area contributed by atoms with E-state index in [1.807, 2.05) is 0 Å². The van der Waals surface area contributed by atoms with Crippen molar-refractivity contribution >= 4 is 19.7 Å². The Morgan fingerprint density at radius 3 is 2.47 bits per heavy atom. The number of hydrogen-bond acceptors (Lipinski definition) is 4. The Balaban J connectivity index is 2.30. The van der Waals surface area contributed by atoms with Crippen LogP contribution < -0.4 is 5.56 Å². The molecule has 1 aromatic heterocycles. The zero-order valence-corrected chi connectivity index (χ0v) is 11.6. The van der Waals surface area contributed by atoms with Gasteiger partial charge in [-0.2, -0.15) is 5.10 Å². The Hall–Kier alpha value is -1.66. The van der Waals surface area contributed by atoms with Crippen LogP contribution in [0.5, 0.6) is 0 Å². The van der Waals surface area contributed by atoms with Gasteiger partial charge in [0.2, 0.25) is 0 Å². The van der Waals surface area contributed by atoms with Crippen LogP contribution in [0.25, 0.3) is 0 Å². The minimum Gasteiger partial charge on any atom is -0.268 e. The number of aromatic nitrogens is 2. The summed E-state index contributed by atoms with van der Waals surface area (Å²) in [5, 5.41) is 6.19. The minimum absolute atomic E-state index is 0.0396. The monoisotopic (exact) mass is 298 g/mol.